The quantitative estimate of drug-likeness (QED) is 0.118. The number of nitrogens with two attached hydrogens (primary N) is 4. The minimum atomic E-state index is -0.330. The molecule has 1 aromatic carbocycles. The second-order valence-electron chi connectivity index (χ2n) is 5.26. The molecule has 1 aromatic heterocycles. The first kappa shape index (κ1) is 29.4. The fraction of sp³-hybridized carbons (Fsp3) is 0.0667. The number of thiophene rings is 1. The molecular weight excluding hydrogens is 1410 g/mol. The van der Waals surface area contributed by atoms with Gasteiger partial charge in [0.1, 0.15) is 3.70 Å². The van der Waals surface area contributed by atoms with Crippen LogP contribution < -0.4 is 57.4 Å². The van der Waals surface area contributed by atoms with Gasteiger partial charge in [0.25, 0.3) is 7.15 Å². The predicted octanol–water partition coefficient (Wildman–Crippen LogP) is 1.00. The Hall–Kier alpha value is 4.17. The zero-order chi connectivity index (χ0) is 22.2. The first-order valence-corrected chi connectivity index (χ1v) is 24.0. The van der Waals surface area contributed by atoms with Crippen molar-refractivity contribution >= 4 is 190 Å². The maximum absolute atomic E-state index is 6.58. The summed E-state index contributed by atoms with van der Waals surface area (Å²) in [5.74, 6) is 0. The second kappa shape index (κ2) is 12.9. The number of nitrogen functional groups attached to an aromatic ring is 2. The molecule has 14 heteroatoms. The lowest BCUT2D eigenvalue weighted by Crippen LogP contribution is -4.24. The Morgan fingerprint density at radius 3 is 1.83 bits per heavy atom. The number of allylic oxidation sites excluding steroid dienone is 1. The summed E-state index contributed by atoms with van der Waals surface area (Å²) >= 11 is 17.4. The topological polar surface area (TPSA) is 104 Å². The molecule has 1 heterocycles. The maximum atomic E-state index is 6.58. The van der Waals surface area contributed by atoms with E-state index in [0.717, 1.165) is 41.9 Å². The fourth-order valence-corrected chi connectivity index (χ4v) is 27.7. The molecule has 0 fully saturated rings. The van der Waals surface area contributed by atoms with Crippen molar-refractivity contribution < 1.29 is 34.5 Å². The Labute approximate surface area is 286 Å². The van der Waals surface area contributed by atoms with Crippen LogP contribution in [0.25, 0.3) is 9.15 Å². The molecule has 0 aliphatic rings. The Bertz CT molecular complexity index is 1040. The molecule has 2 aromatic rings. The normalized spacial score (nSPS) is 13.4. The van der Waals surface area contributed by atoms with Crippen molar-refractivity contribution in [1.82, 2.24) is 0 Å². The molecule has 29 heavy (non-hydrogen) atoms. The van der Waals surface area contributed by atoms with Crippen LogP contribution in [0.15, 0.2) is 7.41 Å². The van der Waals surface area contributed by atoms with E-state index in [9.17, 15) is 0 Å². The van der Waals surface area contributed by atoms with Gasteiger partial charge in [-0.05, 0) is 171 Å². The van der Waals surface area contributed by atoms with Crippen molar-refractivity contribution in [3.8, 4) is 0 Å². The summed E-state index contributed by atoms with van der Waals surface area (Å²) in [4.78, 5) is 0. The number of hydrogen-bond acceptors (Lipinski definition) is 5. The highest BCUT2D eigenvalue weighted by Gasteiger charge is 2.47. The van der Waals surface area contributed by atoms with Crippen molar-refractivity contribution in [2.45, 2.75) is 6.92 Å². The highest BCUT2D eigenvalue weighted by molar-refractivity contribution is 14.1. The maximum Gasteiger partial charge on any atom is 0.627 e. The van der Waals surface area contributed by atoms with Gasteiger partial charge in [0.15, 0.2) is 0 Å². The van der Waals surface area contributed by atoms with E-state index < -0.39 is 0 Å². The number of anilines is 2. The van der Waals surface area contributed by atoms with Gasteiger partial charge < -0.3 is 22.9 Å². The summed E-state index contributed by atoms with van der Waals surface area (Å²) in [7, 11) is 0. The molecule has 0 bridgehead atoms. The third-order valence-electron chi connectivity index (χ3n) is 3.50. The van der Waals surface area contributed by atoms with E-state index in [-0.39, 0.29) is 34.5 Å². The van der Waals surface area contributed by atoms with Crippen LogP contribution >= 0.6 is 169 Å². The molecule has 158 valence electrons. The molecule has 0 saturated carbocycles. The molecule has 8 N–H and O–H groups in total. The summed E-state index contributed by atoms with van der Waals surface area (Å²) in [5.41, 5.74) is 30.5. The molecule has 4 nitrogen and oxygen atoms in total. The van der Waals surface area contributed by atoms with Gasteiger partial charge in [0, 0.05) is 3.57 Å². The van der Waals surface area contributed by atoms with Gasteiger partial charge in [-0.3, -0.25) is 0 Å². The standard InChI is InChI=1S/C15H11I9N4S/c1-2(12(19)27)3-8(6(17)5(16)7(18)10(3)25)23-24-9(13(20)28)4-11(26)15(22)29-14(4)21/h25-28H2,1H3/q+2/b12-2-,13-9+. The molecule has 0 unspecified atom stereocenters. The predicted molar refractivity (Wildman–Crippen MR) is 178 cm³/mol. The van der Waals surface area contributed by atoms with Gasteiger partial charge in [-0.15, -0.1) is 11.3 Å². The zero-order valence-corrected chi connectivity index (χ0v) is 34.4. The van der Waals surface area contributed by atoms with Gasteiger partial charge in [-0.25, -0.2) is 0 Å². The van der Waals surface area contributed by atoms with Crippen molar-refractivity contribution in [2.75, 3.05) is 11.5 Å². The molecule has 0 radical (unpaired) electrons. The number of hydrogen-bond donors (Lipinski definition) is 4. The minimum absolute atomic E-state index is 0.316. The number of halogens is 9. The average Bonchev–Trinajstić information content (AvgIpc) is 2.89. The first-order valence-electron chi connectivity index (χ1n) is 7.16. The second-order valence-corrected chi connectivity index (χ2v) is 23.9. The smallest absolute Gasteiger partial charge is 0.397 e. The third kappa shape index (κ3) is 6.89. The number of rotatable bonds is 5. The van der Waals surface area contributed by atoms with E-state index in [0.29, 0.717) is 0 Å². The van der Waals surface area contributed by atoms with Crippen LogP contribution in [-0.4, -0.2) is 0 Å². The summed E-state index contributed by atoms with van der Waals surface area (Å²) < 4.78 is 10.2. The van der Waals surface area contributed by atoms with Crippen molar-refractivity contribution in [2.24, 2.45) is 11.5 Å². The van der Waals surface area contributed by atoms with E-state index in [4.69, 9.17) is 22.9 Å². The van der Waals surface area contributed by atoms with Crippen molar-refractivity contribution in [3.05, 3.63) is 38.6 Å². The molecule has 0 aliphatic carbocycles. The SMILES string of the molecule is C/C(=C(/N)I)c1c(N)c(I)c(I)c(I)c1[I+][I+]/C(=C(/N)I)c1c(I)sc(I)c1N. The average molecular weight is 1420 g/mol. The summed E-state index contributed by atoms with van der Waals surface area (Å²) in [5, 5.41) is 0. The summed E-state index contributed by atoms with van der Waals surface area (Å²) in [6.07, 6.45) is 0. The lowest BCUT2D eigenvalue weighted by molar-refractivity contribution is -1.22. The first-order chi connectivity index (χ1) is 13.4. The van der Waals surface area contributed by atoms with E-state index in [1.54, 1.807) is 11.3 Å². The third-order valence-corrected chi connectivity index (χ3v) is 25.5. The highest BCUT2D eigenvalue weighted by atomic mass is 128. The molecule has 0 spiro atoms. The van der Waals surface area contributed by atoms with Crippen LogP contribution in [0.2, 0.25) is 0 Å². The van der Waals surface area contributed by atoms with E-state index in [1.165, 1.54) is 17.2 Å². The largest absolute Gasteiger partial charge is 0.627 e. The minimum Gasteiger partial charge on any atom is -0.397 e. The Kier molecular flexibility index (Phi) is 13.1. The molecule has 0 atom stereocenters. The van der Waals surface area contributed by atoms with Crippen molar-refractivity contribution in [1.29, 1.82) is 0 Å². The molecular formula is C15H11I9N4S+2. The Balaban J connectivity index is 2.62. The van der Waals surface area contributed by atoms with Crippen LogP contribution in [0.1, 0.15) is 18.1 Å². The summed E-state index contributed by atoms with van der Waals surface area (Å²) in [6, 6.07) is 0. The van der Waals surface area contributed by atoms with Gasteiger partial charge in [-0.1, -0.05) is 0 Å². The molecule has 0 aliphatic heterocycles. The van der Waals surface area contributed by atoms with Gasteiger partial charge in [0.2, 0.25) is 0 Å². The van der Waals surface area contributed by atoms with Crippen LogP contribution in [0.4, 0.5) is 11.4 Å². The van der Waals surface area contributed by atoms with Gasteiger partial charge in [0.05, 0.1) is 39.1 Å². The van der Waals surface area contributed by atoms with E-state index in [2.05, 4.69) is 165 Å². The van der Waals surface area contributed by atoms with Crippen LogP contribution in [0.5, 0.6) is 0 Å². The Morgan fingerprint density at radius 2 is 1.38 bits per heavy atom. The summed E-state index contributed by atoms with van der Waals surface area (Å²) in [6.45, 7) is 2.06. The molecule has 0 amide bonds. The fourth-order valence-electron chi connectivity index (χ4n) is 2.06. The van der Waals surface area contributed by atoms with Crippen LogP contribution in [0, 0.1) is 20.0 Å². The van der Waals surface area contributed by atoms with E-state index in [1.807, 2.05) is 0 Å². The zero-order valence-electron chi connectivity index (χ0n) is 14.1. The van der Waals surface area contributed by atoms with Crippen LogP contribution in [0.3, 0.4) is 0 Å². The molecule has 2 rings (SSSR count). The number of benzene rings is 1. The Morgan fingerprint density at radius 1 is 0.793 bits per heavy atom. The van der Waals surface area contributed by atoms with Gasteiger partial charge in [-0.2, -0.15) is 0 Å². The van der Waals surface area contributed by atoms with E-state index >= 15 is 0 Å². The van der Waals surface area contributed by atoms with Crippen LogP contribution in [-0.2, 0) is 0 Å². The van der Waals surface area contributed by atoms with Gasteiger partial charge >= 0.3 is 34.5 Å². The molecule has 0 saturated heterocycles. The highest BCUT2D eigenvalue weighted by Crippen LogP contribution is 2.36. The van der Waals surface area contributed by atoms with Crippen molar-refractivity contribution in [3.63, 3.8) is 0 Å². The lowest BCUT2D eigenvalue weighted by atomic mass is 10.1. The lowest BCUT2D eigenvalue weighted by Gasteiger charge is -2.11. The monoisotopic (exact) mass is 1420 g/mol.